The molecule has 0 aromatic rings. The molecule has 2 fully saturated rings. The van der Waals surface area contributed by atoms with E-state index >= 15 is 0 Å². The van der Waals surface area contributed by atoms with Crippen LogP contribution < -0.4 is 0 Å². The maximum Gasteiger partial charge on any atom is 0.0830 e. The van der Waals surface area contributed by atoms with Crippen LogP contribution in [0.2, 0.25) is 0 Å². The fourth-order valence-corrected chi connectivity index (χ4v) is 2.70. The third-order valence-electron chi connectivity index (χ3n) is 3.94. The molecule has 0 aromatic carbocycles. The summed E-state index contributed by atoms with van der Waals surface area (Å²) >= 11 is 0. The molecule has 0 saturated heterocycles. The second kappa shape index (κ2) is 8.86. The Morgan fingerprint density at radius 1 is 0.667 bits per heavy atom. The first kappa shape index (κ1) is 15.9. The van der Waals surface area contributed by atoms with Crippen LogP contribution in [0.15, 0.2) is 0 Å². The van der Waals surface area contributed by atoms with Crippen molar-refractivity contribution in [2.45, 2.75) is 75.8 Å². The highest BCUT2D eigenvalue weighted by Gasteiger charge is 2.22. The van der Waals surface area contributed by atoms with Crippen molar-refractivity contribution in [1.82, 2.24) is 0 Å². The average molecular weight is 260 g/mol. The third-order valence-corrected chi connectivity index (χ3v) is 3.94. The Morgan fingerprint density at radius 3 is 1.22 bits per heavy atom. The van der Waals surface area contributed by atoms with Crippen LogP contribution in [0.1, 0.15) is 51.4 Å². The number of hydrogen-bond donors (Lipinski definition) is 2. The zero-order valence-electron chi connectivity index (χ0n) is 11.7. The Labute approximate surface area is 110 Å². The Hall–Kier alpha value is -0.160. The van der Waals surface area contributed by atoms with Gasteiger partial charge in [-0.3, -0.25) is 0 Å². The minimum absolute atomic E-state index is 0.110. The normalized spacial score (nSPS) is 36.7. The van der Waals surface area contributed by atoms with Gasteiger partial charge in [-0.2, -0.15) is 0 Å². The summed E-state index contributed by atoms with van der Waals surface area (Å²) in [6, 6.07) is 0. The van der Waals surface area contributed by atoms with Crippen LogP contribution in [-0.4, -0.2) is 48.8 Å². The molecule has 2 rings (SSSR count). The van der Waals surface area contributed by atoms with Crippen molar-refractivity contribution >= 4 is 0 Å². The Kier molecular flexibility index (Phi) is 7.82. The highest BCUT2D eigenvalue weighted by Crippen LogP contribution is 2.20. The van der Waals surface area contributed by atoms with Gasteiger partial charge < -0.3 is 19.7 Å². The summed E-state index contributed by atoms with van der Waals surface area (Å²) in [7, 11) is 3.33. The van der Waals surface area contributed by atoms with Crippen molar-refractivity contribution in [3.05, 3.63) is 0 Å². The van der Waals surface area contributed by atoms with Gasteiger partial charge in [0.25, 0.3) is 0 Å². The van der Waals surface area contributed by atoms with Gasteiger partial charge in [0.15, 0.2) is 0 Å². The summed E-state index contributed by atoms with van der Waals surface area (Å²) in [6.07, 6.45) is 8.41. The van der Waals surface area contributed by atoms with E-state index in [0.717, 1.165) is 38.5 Å². The fourth-order valence-electron chi connectivity index (χ4n) is 2.70. The molecule has 2 aliphatic rings. The van der Waals surface area contributed by atoms with Crippen LogP contribution in [0, 0.1) is 0 Å². The first-order chi connectivity index (χ1) is 8.69. The molecule has 18 heavy (non-hydrogen) atoms. The topological polar surface area (TPSA) is 58.9 Å². The number of methoxy groups -OCH3 is 2. The summed E-state index contributed by atoms with van der Waals surface area (Å²) < 4.78 is 10.1. The maximum atomic E-state index is 9.24. The van der Waals surface area contributed by atoms with Crippen molar-refractivity contribution in [3.8, 4) is 0 Å². The molecule has 4 heteroatoms. The molecule has 0 radical (unpaired) electrons. The Bertz CT molecular complexity index is 188. The van der Waals surface area contributed by atoms with Gasteiger partial charge in [0.2, 0.25) is 0 Å². The SMILES string of the molecule is CO[C@@H]1CCCC[C@@H]1O.CO[C@H]1CCCC[C@H]1O. The molecule has 2 saturated carbocycles. The lowest BCUT2D eigenvalue weighted by Crippen LogP contribution is -2.30. The Balaban J connectivity index is 0.000000180. The predicted molar refractivity (Wildman–Crippen MR) is 70.5 cm³/mol. The van der Waals surface area contributed by atoms with Gasteiger partial charge in [0, 0.05) is 14.2 Å². The molecule has 0 spiro atoms. The smallest absolute Gasteiger partial charge is 0.0830 e. The zero-order valence-corrected chi connectivity index (χ0v) is 11.7. The minimum atomic E-state index is -0.205. The van der Waals surface area contributed by atoms with E-state index in [1.807, 2.05) is 0 Å². The lowest BCUT2D eigenvalue weighted by atomic mass is 9.95. The van der Waals surface area contributed by atoms with E-state index in [9.17, 15) is 10.2 Å². The van der Waals surface area contributed by atoms with Crippen LogP contribution >= 0.6 is 0 Å². The number of hydrogen-bond acceptors (Lipinski definition) is 4. The van der Waals surface area contributed by atoms with Gasteiger partial charge in [0.05, 0.1) is 24.4 Å². The molecule has 0 unspecified atom stereocenters. The quantitative estimate of drug-likeness (QED) is 0.796. The van der Waals surface area contributed by atoms with Gasteiger partial charge >= 0.3 is 0 Å². The standard InChI is InChI=1S/2C7H14O2/c2*1-9-7-5-3-2-4-6(7)8/h2*6-8H,2-5H2,1H3/t2*6-,7+/m10/s1. The average Bonchev–Trinajstić information content (AvgIpc) is 2.41. The van der Waals surface area contributed by atoms with Gasteiger partial charge in [-0.15, -0.1) is 0 Å². The molecule has 0 aliphatic heterocycles. The van der Waals surface area contributed by atoms with E-state index < -0.39 is 0 Å². The molecule has 4 atom stereocenters. The van der Waals surface area contributed by atoms with E-state index in [2.05, 4.69) is 0 Å². The second-order valence-corrected chi connectivity index (χ2v) is 5.25. The minimum Gasteiger partial charge on any atom is -0.390 e. The van der Waals surface area contributed by atoms with Crippen LogP contribution in [0.4, 0.5) is 0 Å². The largest absolute Gasteiger partial charge is 0.390 e. The first-order valence-corrected chi connectivity index (χ1v) is 7.10. The summed E-state index contributed by atoms with van der Waals surface area (Å²) in [5.74, 6) is 0. The highest BCUT2D eigenvalue weighted by molar-refractivity contribution is 4.74. The lowest BCUT2D eigenvalue weighted by molar-refractivity contribution is -0.0359. The monoisotopic (exact) mass is 260 g/mol. The van der Waals surface area contributed by atoms with Crippen LogP contribution in [0.3, 0.4) is 0 Å². The van der Waals surface area contributed by atoms with E-state index in [1.54, 1.807) is 14.2 Å². The van der Waals surface area contributed by atoms with Crippen LogP contribution in [-0.2, 0) is 9.47 Å². The van der Waals surface area contributed by atoms with Gasteiger partial charge in [0.1, 0.15) is 0 Å². The van der Waals surface area contributed by atoms with Crippen molar-refractivity contribution in [1.29, 1.82) is 0 Å². The van der Waals surface area contributed by atoms with E-state index in [1.165, 1.54) is 12.8 Å². The number of ether oxygens (including phenoxy) is 2. The number of rotatable bonds is 2. The van der Waals surface area contributed by atoms with Crippen molar-refractivity contribution in [2.75, 3.05) is 14.2 Å². The molecule has 0 amide bonds. The fraction of sp³-hybridized carbons (Fsp3) is 1.00. The number of aliphatic hydroxyl groups is 2. The highest BCUT2D eigenvalue weighted by atomic mass is 16.5. The lowest BCUT2D eigenvalue weighted by Gasteiger charge is -2.25. The van der Waals surface area contributed by atoms with Gasteiger partial charge in [-0.05, 0) is 25.7 Å². The van der Waals surface area contributed by atoms with Crippen molar-refractivity contribution in [3.63, 3.8) is 0 Å². The molecule has 0 heterocycles. The molecule has 4 nitrogen and oxygen atoms in total. The van der Waals surface area contributed by atoms with Crippen molar-refractivity contribution in [2.24, 2.45) is 0 Å². The van der Waals surface area contributed by atoms with E-state index in [-0.39, 0.29) is 24.4 Å². The molecule has 2 N–H and O–H groups in total. The summed E-state index contributed by atoms with van der Waals surface area (Å²) in [4.78, 5) is 0. The van der Waals surface area contributed by atoms with Gasteiger partial charge in [-0.1, -0.05) is 25.7 Å². The molecular weight excluding hydrogens is 232 g/mol. The first-order valence-electron chi connectivity index (χ1n) is 7.10. The van der Waals surface area contributed by atoms with E-state index in [4.69, 9.17) is 9.47 Å². The van der Waals surface area contributed by atoms with E-state index in [0.29, 0.717) is 0 Å². The zero-order chi connectivity index (χ0) is 13.4. The molecule has 0 aromatic heterocycles. The molecule has 108 valence electrons. The molecular formula is C14H28O4. The molecule has 2 aliphatic carbocycles. The van der Waals surface area contributed by atoms with Crippen LogP contribution in [0.5, 0.6) is 0 Å². The summed E-state index contributed by atoms with van der Waals surface area (Å²) in [6.45, 7) is 0. The maximum absolute atomic E-state index is 9.24. The Morgan fingerprint density at radius 2 is 1.00 bits per heavy atom. The predicted octanol–water partition coefficient (Wildman–Crippen LogP) is 1.87. The van der Waals surface area contributed by atoms with Crippen LogP contribution in [0.25, 0.3) is 0 Å². The summed E-state index contributed by atoms with van der Waals surface area (Å²) in [5, 5.41) is 18.5. The second-order valence-electron chi connectivity index (χ2n) is 5.25. The number of aliphatic hydroxyl groups excluding tert-OH is 2. The third kappa shape index (κ3) is 5.22. The molecule has 0 bridgehead atoms. The van der Waals surface area contributed by atoms with Gasteiger partial charge in [-0.25, -0.2) is 0 Å². The summed E-state index contributed by atoms with van der Waals surface area (Å²) in [5.41, 5.74) is 0. The van der Waals surface area contributed by atoms with Crippen molar-refractivity contribution < 1.29 is 19.7 Å².